The van der Waals surface area contributed by atoms with Gasteiger partial charge in [0, 0.05) is 18.0 Å². The number of guanidine groups is 1. The first-order valence-corrected chi connectivity index (χ1v) is 12.1. The van der Waals surface area contributed by atoms with Crippen LogP contribution in [0, 0.1) is 6.92 Å². The molecule has 3 aromatic rings. The number of carbonyl (C=O) groups excluding carboxylic acids is 4. The number of benzene rings is 3. The van der Waals surface area contributed by atoms with E-state index >= 15 is 0 Å². The van der Waals surface area contributed by atoms with Crippen molar-refractivity contribution in [1.29, 1.82) is 0 Å². The molecule has 1 amide bonds. The van der Waals surface area contributed by atoms with E-state index in [1.54, 1.807) is 24.3 Å². The van der Waals surface area contributed by atoms with Gasteiger partial charge in [0.25, 0.3) is 0 Å². The predicted molar refractivity (Wildman–Crippen MR) is 153 cm³/mol. The van der Waals surface area contributed by atoms with Gasteiger partial charge in [-0.2, -0.15) is 9.59 Å². The Morgan fingerprint density at radius 1 is 1.00 bits per heavy atom. The number of aliphatic carboxylic acids is 1. The molecule has 0 aliphatic rings. The van der Waals surface area contributed by atoms with Gasteiger partial charge in [0.1, 0.15) is 12.3 Å². The molecule has 3 aromatic carbocycles. The van der Waals surface area contributed by atoms with E-state index in [0.717, 1.165) is 11.1 Å². The van der Waals surface area contributed by atoms with E-state index in [2.05, 4.69) is 4.99 Å². The van der Waals surface area contributed by atoms with E-state index in [-0.39, 0.29) is 49.1 Å². The lowest BCUT2D eigenvalue weighted by atomic mass is 10.1. The Bertz CT molecular complexity index is 1400. The fraction of sp³-hybridized carbons (Fsp3) is 0.179. The van der Waals surface area contributed by atoms with Gasteiger partial charge in [-0.3, -0.25) is 9.59 Å². The minimum atomic E-state index is -1.09. The standard InChI is InChI=1S/C27H27ClN4O5.CO2.ClH/c1-17-2-4-18(5-3-17)15-32(16-25(34)35)24(33)13-9-19-8-12-22(14-23(19)28)37-26(36)20-6-10-21(11-7-20)31-27(29)30;2-1-3;/h2-8,10-12,14H,9,13,15-16H2,1H3,(H,34,35)(H4,29,30,31);;1H. The molecule has 41 heavy (non-hydrogen) atoms. The minimum absolute atomic E-state index is 0. The van der Waals surface area contributed by atoms with Crippen LogP contribution in [0.4, 0.5) is 5.69 Å². The number of hydrogen-bond acceptors (Lipinski definition) is 7. The van der Waals surface area contributed by atoms with Gasteiger partial charge < -0.3 is 26.2 Å². The minimum Gasteiger partial charge on any atom is -0.480 e. The Balaban J connectivity index is 0.00000201. The largest absolute Gasteiger partial charge is 0.480 e. The van der Waals surface area contributed by atoms with E-state index in [4.69, 9.17) is 37.4 Å². The van der Waals surface area contributed by atoms with Crippen LogP contribution in [-0.4, -0.2) is 46.5 Å². The Hall–Kier alpha value is -4.70. The number of carbonyl (C=O) groups is 3. The number of hydrogen-bond donors (Lipinski definition) is 3. The highest BCUT2D eigenvalue weighted by Crippen LogP contribution is 2.25. The molecule has 0 fully saturated rings. The summed E-state index contributed by atoms with van der Waals surface area (Å²) in [7, 11) is 0. The van der Waals surface area contributed by atoms with Crippen LogP contribution in [0.2, 0.25) is 5.02 Å². The van der Waals surface area contributed by atoms with Crippen LogP contribution in [0.25, 0.3) is 0 Å². The van der Waals surface area contributed by atoms with Gasteiger partial charge in [0.15, 0.2) is 5.96 Å². The number of aliphatic imine (C=N–C) groups is 1. The van der Waals surface area contributed by atoms with Gasteiger partial charge in [-0.25, -0.2) is 9.79 Å². The summed E-state index contributed by atoms with van der Waals surface area (Å²) in [6, 6.07) is 18.5. The first kappa shape index (κ1) is 34.3. The third-order valence-corrected chi connectivity index (χ3v) is 5.73. The summed E-state index contributed by atoms with van der Waals surface area (Å²) in [6.07, 6.45) is 0.613. The summed E-state index contributed by atoms with van der Waals surface area (Å²) in [4.78, 5) is 58.0. The summed E-state index contributed by atoms with van der Waals surface area (Å²) in [5.74, 6) is -1.83. The number of nitrogens with two attached hydrogens (primary N) is 2. The Labute approximate surface area is 247 Å². The zero-order valence-corrected chi connectivity index (χ0v) is 23.5. The molecule has 0 heterocycles. The van der Waals surface area contributed by atoms with E-state index in [1.807, 2.05) is 31.2 Å². The quantitative estimate of drug-likeness (QED) is 0.135. The van der Waals surface area contributed by atoms with Crippen molar-refractivity contribution in [3.8, 4) is 5.75 Å². The summed E-state index contributed by atoms with van der Waals surface area (Å²) in [5, 5.41) is 9.57. The van der Waals surface area contributed by atoms with Crippen LogP contribution in [-0.2, 0) is 32.1 Å². The number of rotatable bonds is 10. The second-order valence-corrected chi connectivity index (χ2v) is 8.85. The van der Waals surface area contributed by atoms with Crippen LogP contribution in [0.1, 0.15) is 33.5 Å². The number of halogens is 2. The van der Waals surface area contributed by atoms with Crippen molar-refractivity contribution in [3.63, 3.8) is 0 Å². The lowest BCUT2D eigenvalue weighted by Gasteiger charge is -2.21. The number of esters is 1. The van der Waals surface area contributed by atoms with Crippen molar-refractivity contribution in [1.82, 2.24) is 4.90 Å². The Kier molecular flexibility index (Phi) is 14.3. The highest BCUT2D eigenvalue weighted by Gasteiger charge is 2.18. The normalized spacial score (nSPS) is 9.61. The fourth-order valence-electron chi connectivity index (χ4n) is 3.49. The number of carboxylic acids is 1. The zero-order valence-electron chi connectivity index (χ0n) is 21.9. The highest BCUT2D eigenvalue weighted by molar-refractivity contribution is 6.31. The van der Waals surface area contributed by atoms with Gasteiger partial charge in [0.05, 0.1) is 11.3 Å². The second-order valence-electron chi connectivity index (χ2n) is 8.44. The molecule has 0 saturated heterocycles. The highest BCUT2D eigenvalue weighted by atomic mass is 35.5. The monoisotopic (exact) mass is 602 g/mol. The molecular formula is C28H28Cl2N4O7. The van der Waals surface area contributed by atoms with Crippen molar-refractivity contribution < 1.29 is 33.8 Å². The first-order valence-electron chi connectivity index (χ1n) is 11.8. The third-order valence-electron chi connectivity index (χ3n) is 5.38. The maximum absolute atomic E-state index is 12.8. The molecule has 0 unspecified atom stereocenters. The molecule has 0 radical (unpaired) electrons. The molecule has 0 aliphatic heterocycles. The number of amides is 1. The molecule has 0 bridgehead atoms. The molecule has 0 atom stereocenters. The van der Waals surface area contributed by atoms with Crippen molar-refractivity contribution in [2.24, 2.45) is 16.5 Å². The van der Waals surface area contributed by atoms with Crippen LogP contribution >= 0.6 is 24.0 Å². The van der Waals surface area contributed by atoms with Crippen LogP contribution < -0.4 is 16.2 Å². The third kappa shape index (κ3) is 11.9. The molecular weight excluding hydrogens is 575 g/mol. The van der Waals surface area contributed by atoms with Crippen LogP contribution in [0.3, 0.4) is 0 Å². The van der Waals surface area contributed by atoms with Crippen molar-refractivity contribution in [2.75, 3.05) is 6.54 Å². The molecule has 5 N–H and O–H groups in total. The van der Waals surface area contributed by atoms with Crippen molar-refractivity contribution >= 4 is 59.7 Å². The molecule has 0 aromatic heterocycles. The SMILES string of the molecule is Cc1ccc(CN(CC(=O)O)C(=O)CCc2ccc(OC(=O)c3ccc(N=C(N)N)cc3)cc2Cl)cc1.Cl.O=C=O. The number of aryl methyl sites for hydroxylation is 2. The molecule has 13 heteroatoms. The summed E-state index contributed by atoms with van der Waals surface area (Å²) in [5.41, 5.74) is 14.1. The molecule has 0 saturated carbocycles. The summed E-state index contributed by atoms with van der Waals surface area (Å²) < 4.78 is 5.39. The lowest BCUT2D eigenvalue weighted by Crippen LogP contribution is -2.35. The van der Waals surface area contributed by atoms with Crippen molar-refractivity contribution in [2.45, 2.75) is 26.3 Å². The van der Waals surface area contributed by atoms with E-state index in [1.165, 1.54) is 23.1 Å². The maximum Gasteiger partial charge on any atom is 0.373 e. The summed E-state index contributed by atoms with van der Waals surface area (Å²) >= 11 is 6.37. The van der Waals surface area contributed by atoms with Gasteiger partial charge in [0.2, 0.25) is 5.91 Å². The molecule has 216 valence electrons. The van der Waals surface area contributed by atoms with Crippen molar-refractivity contribution in [3.05, 3.63) is 94.0 Å². The van der Waals surface area contributed by atoms with Gasteiger partial charge in [-0.05, 0) is 60.9 Å². The van der Waals surface area contributed by atoms with Gasteiger partial charge in [-0.1, -0.05) is 47.5 Å². The smallest absolute Gasteiger partial charge is 0.373 e. The molecule has 11 nitrogen and oxygen atoms in total. The lowest BCUT2D eigenvalue weighted by molar-refractivity contribution is -0.191. The average molecular weight is 603 g/mol. The first-order chi connectivity index (χ1) is 19.0. The maximum atomic E-state index is 12.8. The zero-order chi connectivity index (χ0) is 29.7. The second kappa shape index (κ2) is 17.1. The fourth-order valence-corrected chi connectivity index (χ4v) is 3.76. The number of nitrogens with zero attached hydrogens (tertiary/aromatic N) is 2. The molecule has 0 aliphatic carbocycles. The predicted octanol–water partition coefficient (Wildman–Crippen LogP) is 3.66. The van der Waals surface area contributed by atoms with Crippen LogP contribution in [0.5, 0.6) is 5.75 Å². The Morgan fingerprint density at radius 3 is 2.15 bits per heavy atom. The van der Waals surface area contributed by atoms with Crippen LogP contribution in [0.15, 0.2) is 71.7 Å². The van der Waals surface area contributed by atoms with Gasteiger partial charge >= 0.3 is 18.1 Å². The summed E-state index contributed by atoms with van der Waals surface area (Å²) in [6.45, 7) is 1.75. The van der Waals surface area contributed by atoms with Gasteiger partial charge in [-0.15, -0.1) is 12.4 Å². The van der Waals surface area contributed by atoms with E-state index < -0.39 is 18.5 Å². The molecule has 0 spiro atoms. The molecule has 3 rings (SSSR count). The Morgan fingerprint density at radius 2 is 1.61 bits per heavy atom. The number of carboxylic acid groups (broad SMARTS) is 1. The van der Waals surface area contributed by atoms with E-state index in [0.29, 0.717) is 28.3 Å². The topological polar surface area (TPSA) is 182 Å². The van der Waals surface area contributed by atoms with E-state index in [9.17, 15) is 19.5 Å². The average Bonchev–Trinajstić information content (AvgIpc) is 2.89. The number of ether oxygens (including phenoxy) is 1.